The molecule has 15 heavy (non-hydrogen) atoms. The van der Waals surface area contributed by atoms with Gasteiger partial charge in [0, 0.05) is 26.2 Å². The number of aliphatic hydroxyl groups is 1. The summed E-state index contributed by atoms with van der Waals surface area (Å²) in [5.41, 5.74) is 0. The topological polar surface area (TPSA) is 43.8 Å². The van der Waals surface area contributed by atoms with Crippen LogP contribution in [0, 0.1) is 5.92 Å². The van der Waals surface area contributed by atoms with E-state index >= 15 is 0 Å². The lowest BCUT2D eigenvalue weighted by Crippen LogP contribution is -2.46. The van der Waals surface area contributed by atoms with Crippen molar-refractivity contribution in [2.24, 2.45) is 5.92 Å². The van der Waals surface area contributed by atoms with Crippen molar-refractivity contribution in [3.63, 3.8) is 0 Å². The smallest absolute Gasteiger partial charge is 0.320 e. The van der Waals surface area contributed by atoms with Gasteiger partial charge in [0.2, 0.25) is 0 Å². The molecule has 4 heteroatoms. The van der Waals surface area contributed by atoms with Gasteiger partial charge < -0.3 is 14.9 Å². The molecular weight excluding hydrogens is 192 g/mol. The fourth-order valence-electron chi connectivity index (χ4n) is 2.48. The first-order chi connectivity index (χ1) is 7.16. The average molecular weight is 212 g/mol. The van der Waals surface area contributed by atoms with Crippen LogP contribution in [0.2, 0.25) is 0 Å². The molecule has 1 N–H and O–H groups in total. The van der Waals surface area contributed by atoms with Crippen LogP contribution in [0.1, 0.15) is 26.2 Å². The standard InChI is InChI=1S/C11H20N2O2/c1-9-3-2-5-12(7-9)11(15)13-6-4-10(14)8-13/h9-10,14H,2-8H2,1H3. The van der Waals surface area contributed by atoms with Crippen molar-refractivity contribution >= 4 is 6.03 Å². The molecule has 0 aromatic rings. The molecule has 2 fully saturated rings. The summed E-state index contributed by atoms with van der Waals surface area (Å²) in [5.74, 6) is 0.621. The summed E-state index contributed by atoms with van der Waals surface area (Å²) in [4.78, 5) is 15.7. The van der Waals surface area contributed by atoms with Crippen molar-refractivity contribution in [1.29, 1.82) is 0 Å². The molecule has 0 saturated carbocycles. The second-order valence-corrected chi connectivity index (χ2v) is 4.86. The van der Waals surface area contributed by atoms with E-state index in [1.165, 1.54) is 6.42 Å². The van der Waals surface area contributed by atoms with E-state index in [0.717, 1.165) is 25.9 Å². The molecule has 0 aromatic carbocycles. The molecule has 2 unspecified atom stereocenters. The lowest BCUT2D eigenvalue weighted by molar-refractivity contribution is 0.129. The van der Waals surface area contributed by atoms with Gasteiger partial charge in [0.25, 0.3) is 0 Å². The first-order valence-electron chi connectivity index (χ1n) is 5.88. The number of rotatable bonds is 0. The predicted molar refractivity (Wildman–Crippen MR) is 57.6 cm³/mol. The minimum Gasteiger partial charge on any atom is -0.391 e. The summed E-state index contributed by atoms with van der Waals surface area (Å²) in [6, 6.07) is 0.123. The molecule has 2 heterocycles. The second-order valence-electron chi connectivity index (χ2n) is 4.86. The second kappa shape index (κ2) is 4.39. The highest BCUT2D eigenvalue weighted by Crippen LogP contribution is 2.19. The Morgan fingerprint density at radius 3 is 2.53 bits per heavy atom. The number of aliphatic hydroxyl groups excluding tert-OH is 1. The highest BCUT2D eigenvalue weighted by atomic mass is 16.3. The predicted octanol–water partition coefficient (Wildman–Crippen LogP) is 0.905. The van der Waals surface area contributed by atoms with E-state index in [2.05, 4.69) is 6.92 Å². The fourth-order valence-corrected chi connectivity index (χ4v) is 2.48. The Balaban J connectivity index is 1.89. The largest absolute Gasteiger partial charge is 0.391 e. The molecular formula is C11H20N2O2. The lowest BCUT2D eigenvalue weighted by Gasteiger charge is -2.33. The van der Waals surface area contributed by atoms with Gasteiger partial charge in [-0.15, -0.1) is 0 Å². The summed E-state index contributed by atoms with van der Waals surface area (Å²) in [6.07, 6.45) is 2.77. The molecule has 0 bridgehead atoms. The third kappa shape index (κ3) is 2.43. The number of carbonyl (C=O) groups excluding carboxylic acids is 1. The fraction of sp³-hybridized carbons (Fsp3) is 0.909. The minimum absolute atomic E-state index is 0.123. The molecule has 0 aliphatic carbocycles. The zero-order valence-electron chi connectivity index (χ0n) is 9.35. The maximum Gasteiger partial charge on any atom is 0.320 e. The van der Waals surface area contributed by atoms with Crippen LogP contribution in [0.15, 0.2) is 0 Å². The molecule has 0 aromatic heterocycles. The summed E-state index contributed by atoms with van der Waals surface area (Å²) in [5, 5.41) is 9.39. The lowest BCUT2D eigenvalue weighted by atomic mass is 10.0. The third-order valence-electron chi connectivity index (χ3n) is 3.36. The Morgan fingerprint density at radius 1 is 1.20 bits per heavy atom. The van der Waals surface area contributed by atoms with E-state index in [4.69, 9.17) is 0 Å². The van der Waals surface area contributed by atoms with Gasteiger partial charge in [0.05, 0.1) is 6.10 Å². The van der Waals surface area contributed by atoms with Crippen LogP contribution < -0.4 is 0 Å². The molecule has 2 rings (SSSR count). The maximum atomic E-state index is 12.0. The van der Waals surface area contributed by atoms with Crippen LogP contribution in [0.4, 0.5) is 4.79 Å². The quantitative estimate of drug-likeness (QED) is 0.648. The van der Waals surface area contributed by atoms with Crippen LogP contribution in [-0.4, -0.2) is 53.2 Å². The Hall–Kier alpha value is -0.770. The molecule has 4 nitrogen and oxygen atoms in total. The first kappa shape index (κ1) is 10.7. The number of likely N-dealkylation sites (tertiary alicyclic amines) is 2. The van der Waals surface area contributed by atoms with Crippen molar-refractivity contribution in [3.8, 4) is 0 Å². The van der Waals surface area contributed by atoms with Gasteiger partial charge >= 0.3 is 6.03 Å². The highest BCUT2D eigenvalue weighted by molar-refractivity contribution is 5.74. The van der Waals surface area contributed by atoms with Crippen LogP contribution >= 0.6 is 0 Å². The molecule has 2 aliphatic heterocycles. The highest BCUT2D eigenvalue weighted by Gasteiger charge is 2.29. The van der Waals surface area contributed by atoms with Gasteiger partial charge in [0.1, 0.15) is 0 Å². The van der Waals surface area contributed by atoms with E-state index in [0.29, 0.717) is 19.0 Å². The van der Waals surface area contributed by atoms with Crippen LogP contribution in [0.3, 0.4) is 0 Å². The van der Waals surface area contributed by atoms with E-state index in [1.807, 2.05) is 4.90 Å². The Morgan fingerprint density at radius 2 is 1.93 bits per heavy atom. The number of hydrogen-bond donors (Lipinski definition) is 1. The number of urea groups is 1. The summed E-state index contributed by atoms with van der Waals surface area (Å²) >= 11 is 0. The molecule has 2 saturated heterocycles. The van der Waals surface area contributed by atoms with Gasteiger partial charge in [-0.1, -0.05) is 6.92 Å². The maximum absolute atomic E-state index is 12.0. The Labute approximate surface area is 90.9 Å². The van der Waals surface area contributed by atoms with Gasteiger partial charge in [-0.2, -0.15) is 0 Å². The van der Waals surface area contributed by atoms with Gasteiger partial charge in [-0.05, 0) is 25.2 Å². The van der Waals surface area contributed by atoms with Crippen molar-refractivity contribution < 1.29 is 9.90 Å². The van der Waals surface area contributed by atoms with E-state index in [1.54, 1.807) is 4.90 Å². The number of nitrogens with zero attached hydrogens (tertiary/aromatic N) is 2. The van der Waals surface area contributed by atoms with E-state index in [-0.39, 0.29) is 12.1 Å². The zero-order valence-corrected chi connectivity index (χ0v) is 9.35. The van der Waals surface area contributed by atoms with E-state index in [9.17, 15) is 9.90 Å². The van der Waals surface area contributed by atoms with Crippen molar-refractivity contribution in [2.45, 2.75) is 32.3 Å². The number of piperidine rings is 1. The van der Waals surface area contributed by atoms with Crippen LogP contribution in [-0.2, 0) is 0 Å². The van der Waals surface area contributed by atoms with Crippen LogP contribution in [0.25, 0.3) is 0 Å². The summed E-state index contributed by atoms with van der Waals surface area (Å²) in [7, 11) is 0. The van der Waals surface area contributed by atoms with Crippen molar-refractivity contribution in [3.05, 3.63) is 0 Å². The third-order valence-corrected chi connectivity index (χ3v) is 3.36. The van der Waals surface area contributed by atoms with Crippen molar-refractivity contribution in [1.82, 2.24) is 9.80 Å². The molecule has 0 radical (unpaired) electrons. The molecule has 86 valence electrons. The number of hydrogen-bond acceptors (Lipinski definition) is 2. The minimum atomic E-state index is -0.309. The van der Waals surface area contributed by atoms with Crippen molar-refractivity contribution in [2.75, 3.05) is 26.2 Å². The monoisotopic (exact) mass is 212 g/mol. The normalized spacial score (nSPS) is 32.1. The van der Waals surface area contributed by atoms with Gasteiger partial charge in [-0.25, -0.2) is 4.79 Å². The average Bonchev–Trinajstić information content (AvgIpc) is 2.64. The number of β-amino-alcohol motifs (C(OH)–C–C–N with tert-alkyl or cyclic N) is 1. The number of amides is 2. The first-order valence-corrected chi connectivity index (χ1v) is 5.88. The van der Waals surface area contributed by atoms with Crippen LogP contribution in [0.5, 0.6) is 0 Å². The molecule has 2 aliphatic rings. The Bertz CT molecular complexity index is 245. The summed E-state index contributed by atoms with van der Waals surface area (Å²) in [6.45, 7) is 5.19. The van der Waals surface area contributed by atoms with Gasteiger partial charge in [0.15, 0.2) is 0 Å². The molecule has 2 amide bonds. The summed E-state index contributed by atoms with van der Waals surface area (Å²) < 4.78 is 0. The SMILES string of the molecule is CC1CCCN(C(=O)N2CCC(O)C2)C1. The number of carbonyl (C=O) groups is 1. The van der Waals surface area contributed by atoms with E-state index < -0.39 is 0 Å². The molecule has 0 spiro atoms. The van der Waals surface area contributed by atoms with Gasteiger partial charge in [-0.3, -0.25) is 0 Å². The molecule has 2 atom stereocenters. The zero-order chi connectivity index (χ0) is 10.8. The Kier molecular flexibility index (Phi) is 3.14.